The number of likely N-dealkylation sites (N-methyl/N-ethyl adjacent to an activating group) is 1. The van der Waals surface area contributed by atoms with Crippen LogP contribution < -0.4 is 15.5 Å². The lowest BCUT2D eigenvalue weighted by Gasteiger charge is -2.34. The molecule has 1 aliphatic heterocycles. The zero-order valence-electron chi connectivity index (χ0n) is 19.7. The van der Waals surface area contributed by atoms with Gasteiger partial charge in [0.15, 0.2) is 11.6 Å². The maximum atomic E-state index is 15.0. The lowest BCUT2D eigenvalue weighted by molar-refractivity contribution is -0.111. The molecule has 1 amide bonds. The van der Waals surface area contributed by atoms with E-state index in [-0.39, 0.29) is 17.3 Å². The van der Waals surface area contributed by atoms with Gasteiger partial charge in [-0.15, -0.1) is 0 Å². The van der Waals surface area contributed by atoms with Crippen LogP contribution in [0.5, 0.6) is 0 Å². The van der Waals surface area contributed by atoms with Crippen molar-refractivity contribution < 1.29 is 13.6 Å². The summed E-state index contributed by atoms with van der Waals surface area (Å²) in [6.07, 6.45) is 4.36. The summed E-state index contributed by atoms with van der Waals surface area (Å²) in [5.41, 5.74) is 2.98. The molecule has 0 spiro atoms. The Kier molecular flexibility index (Phi) is 6.34. The molecule has 1 fully saturated rings. The van der Waals surface area contributed by atoms with Crippen LogP contribution in [-0.2, 0) is 4.79 Å². The fraction of sp³-hybridized carbons (Fsp3) is 0.192. The molecule has 2 aromatic heterocycles. The Morgan fingerprint density at radius 3 is 2.58 bits per heavy atom. The van der Waals surface area contributed by atoms with Crippen LogP contribution in [0.4, 0.5) is 31.7 Å². The number of hydrogen-bond donors (Lipinski definition) is 2. The van der Waals surface area contributed by atoms with Crippen molar-refractivity contribution in [2.75, 3.05) is 48.8 Å². The summed E-state index contributed by atoms with van der Waals surface area (Å²) in [4.78, 5) is 24.5. The van der Waals surface area contributed by atoms with Crippen LogP contribution in [0.2, 0.25) is 0 Å². The molecular weight excluding hydrogens is 464 g/mol. The van der Waals surface area contributed by atoms with Crippen LogP contribution in [0, 0.1) is 11.6 Å². The highest BCUT2D eigenvalue weighted by molar-refractivity contribution is 5.99. The van der Waals surface area contributed by atoms with Crippen molar-refractivity contribution in [3.8, 4) is 11.3 Å². The number of nitrogens with one attached hydrogen (secondary N) is 2. The van der Waals surface area contributed by atoms with E-state index < -0.39 is 11.6 Å². The zero-order valence-corrected chi connectivity index (χ0v) is 19.7. The Labute approximate surface area is 206 Å². The number of aromatic nitrogens is 3. The Morgan fingerprint density at radius 2 is 1.81 bits per heavy atom. The molecule has 4 aromatic rings. The van der Waals surface area contributed by atoms with Crippen molar-refractivity contribution in [1.29, 1.82) is 0 Å². The van der Waals surface area contributed by atoms with Crippen molar-refractivity contribution >= 4 is 34.3 Å². The maximum Gasteiger partial charge on any atom is 0.247 e. The smallest absolute Gasteiger partial charge is 0.247 e. The van der Waals surface area contributed by atoms with Crippen LogP contribution in [0.25, 0.3) is 16.8 Å². The van der Waals surface area contributed by atoms with E-state index in [1.54, 1.807) is 47.4 Å². The normalized spacial score (nSPS) is 14.1. The third kappa shape index (κ3) is 4.63. The molecule has 0 aliphatic carbocycles. The van der Waals surface area contributed by atoms with E-state index in [2.05, 4.69) is 32.1 Å². The Hall–Kier alpha value is -4.31. The van der Waals surface area contributed by atoms with Crippen LogP contribution in [0.1, 0.15) is 0 Å². The third-order valence-electron chi connectivity index (χ3n) is 6.18. The number of hydrogen-bond acceptors (Lipinski definition) is 6. The van der Waals surface area contributed by atoms with Gasteiger partial charge in [0.05, 0.1) is 22.6 Å². The van der Waals surface area contributed by atoms with Gasteiger partial charge in [0.1, 0.15) is 18.5 Å². The maximum absolute atomic E-state index is 15.0. The second-order valence-corrected chi connectivity index (χ2v) is 8.61. The van der Waals surface area contributed by atoms with E-state index in [1.807, 2.05) is 18.0 Å². The van der Waals surface area contributed by atoms with Crippen molar-refractivity contribution in [2.45, 2.75) is 0 Å². The minimum atomic E-state index is -0.951. The molecular formula is C26H25F2N7O. The minimum absolute atomic E-state index is 0.00238. The molecule has 0 radical (unpaired) electrons. The zero-order chi connectivity index (χ0) is 25.2. The van der Waals surface area contributed by atoms with E-state index in [1.165, 1.54) is 12.1 Å². The number of amides is 1. The first-order valence-corrected chi connectivity index (χ1v) is 11.5. The number of fused-ring (bicyclic) bond motifs is 1. The van der Waals surface area contributed by atoms with Crippen LogP contribution in [0.3, 0.4) is 0 Å². The van der Waals surface area contributed by atoms with Gasteiger partial charge in [-0.05, 0) is 37.4 Å². The number of rotatable bonds is 6. The van der Waals surface area contributed by atoms with Crippen molar-refractivity contribution in [1.82, 2.24) is 19.3 Å². The van der Waals surface area contributed by atoms with E-state index >= 15 is 0 Å². The first kappa shape index (κ1) is 23.4. The molecule has 184 valence electrons. The van der Waals surface area contributed by atoms with Gasteiger partial charge in [0.2, 0.25) is 5.91 Å². The highest BCUT2D eigenvalue weighted by Crippen LogP contribution is 2.31. The number of carbonyl (C=O) groups is 1. The molecule has 1 aliphatic rings. The molecule has 0 unspecified atom stereocenters. The Bertz CT molecular complexity index is 1440. The van der Waals surface area contributed by atoms with E-state index in [9.17, 15) is 13.6 Å². The lowest BCUT2D eigenvalue weighted by Crippen LogP contribution is -2.44. The Morgan fingerprint density at radius 1 is 1.03 bits per heavy atom. The molecule has 10 heteroatoms. The molecule has 0 atom stereocenters. The molecule has 3 heterocycles. The summed E-state index contributed by atoms with van der Waals surface area (Å²) in [7, 11) is 2.01. The summed E-state index contributed by atoms with van der Waals surface area (Å²) < 4.78 is 31.7. The SMILES string of the molecule is C=CC(=O)Nc1cccc(-c2ncn3cnc(Nc4ccc(N5CCN(C)CC5)c(F)c4F)cc23)c1. The van der Waals surface area contributed by atoms with Gasteiger partial charge in [-0.3, -0.25) is 9.20 Å². The van der Waals surface area contributed by atoms with Crippen LogP contribution in [0.15, 0.2) is 67.8 Å². The average molecular weight is 490 g/mol. The molecule has 36 heavy (non-hydrogen) atoms. The second-order valence-electron chi connectivity index (χ2n) is 8.61. The fourth-order valence-corrected chi connectivity index (χ4v) is 4.19. The number of imidazole rings is 1. The van der Waals surface area contributed by atoms with Crippen molar-refractivity contribution in [3.05, 3.63) is 79.4 Å². The topological polar surface area (TPSA) is 77.8 Å². The number of nitrogens with zero attached hydrogens (tertiary/aromatic N) is 5. The Balaban J connectivity index is 1.42. The van der Waals surface area contributed by atoms with Crippen molar-refractivity contribution in [3.63, 3.8) is 0 Å². The van der Waals surface area contributed by atoms with Crippen LogP contribution in [-0.4, -0.2) is 58.4 Å². The highest BCUT2D eigenvalue weighted by atomic mass is 19.2. The van der Waals surface area contributed by atoms with Crippen molar-refractivity contribution in [2.24, 2.45) is 0 Å². The number of halogens is 2. The minimum Gasteiger partial charge on any atom is -0.367 e. The van der Waals surface area contributed by atoms with Gasteiger partial charge in [0, 0.05) is 43.5 Å². The average Bonchev–Trinajstić information content (AvgIpc) is 3.31. The molecule has 2 aromatic carbocycles. The first-order chi connectivity index (χ1) is 17.4. The number of benzene rings is 2. The molecule has 8 nitrogen and oxygen atoms in total. The van der Waals surface area contributed by atoms with Gasteiger partial charge in [-0.2, -0.15) is 0 Å². The second kappa shape index (κ2) is 9.74. The quantitative estimate of drug-likeness (QED) is 0.394. The van der Waals surface area contributed by atoms with Gasteiger partial charge < -0.3 is 20.4 Å². The third-order valence-corrected chi connectivity index (χ3v) is 6.18. The molecule has 0 bridgehead atoms. The molecule has 5 rings (SSSR count). The van der Waals surface area contributed by atoms with E-state index in [4.69, 9.17) is 0 Å². The summed E-state index contributed by atoms with van der Waals surface area (Å²) in [6, 6.07) is 12.1. The fourth-order valence-electron chi connectivity index (χ4n) is 4.19. The van der Waals surface area contributed by atoms with E-state index in [0.717, 1.165) is 18.7 Å². The summed E-state index contributed by atoms with van der Waals surface area (Å²) in [5.74, 6) is -1.81. The molecule has 1 saturated heterocycles. The lowest BCUT2D eigenvalue weighted by atomic mass is 10.1. The molecule has 0 saturated carbocycles. The molecule has 2 N–H and O–H groups in total. The highest BCUT2D eigenvalue weighted by Gasteiger charge is 2.21. The number of anilines is 4. The summed E-state index contributed by atoms with van der Waals surface area (Å²) >= 11 is 0. The van der Waals surface area contributed by atoms with Gasteiger partial charge in [0.25, 0.3) is 0 Å². The number of carbonyl (C=O) groups excluding carboxylic acids is 1. The monoisotopic (exact) mass is 489 g/mol. The van der Waals surface area contributed by atoms with Gasteiger partial charge in [-0.1, -0.05) is 18.7 Å². The van der Waals surface area contributed by atoms with Gasteiger partial charge in [-0.25, -0.2) is 18.7 Å². The predicted molar refractivity (Wildman–Crippen MR) is 137 cm³/mol. The first-order valence-electron chi connectivity index (χ1n) is 11.5. The van der Waals surface area contributed by atoms with E-state index in [0.29, 0.717) is 35.8 Å². The summed E-state index contributed by atoms with van der Waals surface area (Å²) in [6.45, 7) is 6.33. The number of piperazine rings is 1. The predicted octanol–water partition coefficient (Wildman–Crippen LogP) is 4.29. The summed E-state index contributed by atoms with van der Waals surface area (Å²) in [5, 5.41) is 5.62. The largest absolute Gasteiger partial charge is 0.367 e. The standard InChI is InChI=1S/C26H25F2N7O/c1-3-23(36)31-18-6-4-5-17(13-18)26-21-14-22(29-15-35(21)16-30-26)32-19-7-8-20(25(28)24(19)27)34-11-9-33(2)10-12-34/h3-8,13-16,32H,1,9-12H2,2H3,(H,31,36). The van der Waals surface area contributed by atoms with Gasteiger partial charge >= 0.3 is 0 Å². The van der Waals surface area contributed by atoms with Crippen LogP contribution >= 0.6 is 0 Å².